The molecule has 0 saturated heterocycles. The van der Waals surface area contributed by atoms with E-state index < -0.39 is 6.04 Å². The van der Waals surface area contributed by atoms with E-state index in [1.807, 2.05) is 88.4 Å². The average Bonchev–Trinajstić information content (AvgIpc) is 2.87. The van der Waals surface area contributed by atoms with Crippen molar-refractivity contribution < 1.29 is 9.59 Å². The Hall–Kier alpha value is -3.40. The zero-order valence-electron chi connectivity index (χ0n) is 20.7. The lowest BCUT2D eigenvalue weighted by atomic mass is 9.88. The number of amides is 2. The first-order valence-corrected chi connectivity index (χ1v) is 12.1. The average molecular weight is 457 g/mol. The second kappa shape index (κ2) is 12.2. The van der Waals surface area contributed by atoms with Crippen molar-refractivity contribution >= 4 is 11.8 Å². The fourth-order valence-corrected chi connectivity index (χ4v) is 4.11. The number of hydrogen-bond donors (Lipinski definition) is 1. The van der Waals surface area contributed by atoms with Crippen molar-refractivity contribution in [1.82, 2.24) is 10.2 Å². The molecule has 1 N–H and O–H groups in total. The van der Waals surface area contributed by atoms with Crippen molar-refractivity contribution in [3.8, 4) is 0 Å². The smallest absolute Gasteiger partial charge is 0.242 e. The molecule has 0 heterocycles. The second-order valence-corrected chi connectivity index (χ2v) is 9.02. The summed E-state index contributed by atoms with van der Waals surface area (Å²) in [5, 5.41) is 3.05. The van der Waals surface area contributed by atoms with Gasteiger partial charge in [-0.3, -0.25) is 9.59 Å². The number of nitrogens with one attached hydrogen (secondary N) is 1. The summed E-state index contributed by atoms with van der Waals surface area (Å²) in [6.45, 7) is 8.29. The SMILES string of the molecule is CCC(C)NC(=O)C(C)N(Cc1ccccc1C)C(=O)CC(c1ccccc1)c1ccccc1. The summed E-state index contributed by atoms with van der Waals surface area (Å²) in [6.07, 6.45) is 1.13. The molecule has 34 heavy (non-hydrogen) atoms. The Morgan fingerprint density at radius 1 is 0.824 bits per heavy atom. The summed E-state index contributed by atoms with van der Waals surface area (Å²) in [5.74, 6) is -0.237. The van der Waals surface area contributed by atoms with Crippen LogP contribution in [0.2, 0.25) is 0 Å². The molecule has 0 bridgehead atoms. The van der Waals surface area contributed by atoms with Crippen molar-refractivity contribution in [2.75, 3.05) is 0 Å². The first-order chi connectivity index (χ1) is 16.4. The largest absolute Gasteiger partial charge is 0.352 e. The molecule has 2 unspecified atom stereocenters. The minimum absolute atomic E-state index is 0.0345. The van der Waals surface area contributed by atoms with Crippen LogP contribution in [-0.4, -0.2) is 28.8 Å². The Bertz CT molecular complexity index is 1030. The standard InChI is InChI=1S/C30H36N2O2/c1-5-23(3)31-30(34)24(4)32(21-27-19-13-12-14-22(27)2)29(33)20-28(25-15-8-6-9-16-25)26-17-10-7-11-18-26/h6-19,23-24,28H,5,20-21H2,1-4H3,(H,31,34). The van der Waals surface area contributed by atoms with Gasteiger partial charge in [-0.1, -0.05) is 91.9 Å². The number of rotatable bonds is 10. The van der Waals surface area contributed by atoms with Crippen molar-refractivity contribution in [3.05, 3.63) is 107 Å². The molecule has 3 aromatic carbocycles. The fraction of sp³-hybridized carbons (Fsp3) is 0.333. The van der Waals surface area contributed by atoms with Crippen LogP contribution in [0.5, 0.6) is 0 Å². The van der Waals surface area contributed by atoms with E-state index >= 15 is 0 Å². The minimum atomic E-state index is -0.576. The normalized spacial score (nSPS) is 12.7. The summed E-state index contributed by atoms with van der Waals surface area (Å²) < 4.78 is 0. The van der Waals surface area contributed by atoms with Gasteiger partial charge in [0.1, 0.15) is 6.04 Å². The highest BCUT2D eigenvalue weighted by Gasteiger charge is 2.29. The van der Waals surface area contributed by atoms with E-state index in [1.54, 1.807) is 4.90 Å². The first-order valence-electron chi connectivity index (χ1n) is 12.1. The number of benzene rings is 3. The Balaban J connectivity index is 1.92. The summed E-state index contributed by atoms with van der Waals surface area (Å²) >= 11 is 0. The van der Waals surface area contributed by atoms with E-state index in [-0.39, 0.29) is 23.8 Å². The molecule has 0 aliphatic rings. The van der Waals surface area contributed by atoms with E-state index in [0.29, 0.717) is 13.0 Å². The summed E-state index contributed by atoms with van der Waals surface area (Å²) in [7, 11) is 0. The van der Waals surface area contributed by atoms with Gasteiger partial charge in [0, 0.05) is 24.9 Å². The van der Waals surface area contributed by atoms with E-state index in [9.17, 15) is 9.59 Å². The van der Waals surface area contributed by atoms with Gasteiger partial charge in [0.05, 0.1) is 0 Å². The highest BCUT2D eigenvalue weighted by molar-refractivity contribution is 5.88. The molecule has 2 atom stereocenters. The van der Waals surface area contributed by atoms with Gasteiger partial charge in [-0.05, 0) is 49.4 Å². The van der Waals surface area contributed by atoms with Crippen LogP contribution in [-0.2, 0) is 16.1 Å². The van der Waals surface area contributed by atoms with Gasteiger partial charge in [-0.15, -0.1) is 0 Å². The van der Waals surface area contributed by atoms with Crippen LogP contribution in [0.4, 0.5) is 0 Å². The highest BCUT2D eigenvalue weighted by Crippen LogP contribution is 2.29. The maximum Gasteiger partial charge on any atom is 0.242 e. The lowest BCUT2D eigenvalue weighted by molar-refractivity contribution is -0.141. The van der Waals surface area contributed by atoms with Crippen LogP contribution in [0.25, 0.3) is 0 Å². The Labute approximate surface area is 204 Å². The summed E-state index contributed by atoms with van der Waals surface area (Å²) in [4.78, 5) is 28.7. The van der Waals surface area contributed by atoms with Crippen LogP contribution >= 0.6 is 0 Å². The van der Waals surface area contributed by atoms with Crippen molar-refractivity contribution in [3.63, 3.8) is 0 Å². The molecule has 0 spiro atoms. The number of hydrogen-bond acceptors (Lipinski definition) is 2. The molecule has 0 aromatic heterocycles. The van der Waals surface area contributed by atoms with Gasteiger partial charge in [0.2, 0.25) is 11.8 Å². The van der Waals surface area contributed by atoms with Gasteiger partial charge < -0.3 is 10.2 Å². The maximum atomic E-state index is 13.9. The van der Waals surface area contributed by atoms with E-state index in [0.717, 1.165) is 28.7 Å². The molecule has 3 rings (SSSR count). The molecule has 0 radical (unpaired) electrons. The van der Waals surface area contributed by atoms with Crippen LogP contribution in [0, 0.1) is 6.92 Å². The highest BCUT2D eigenvalue weighted by atomic mass is 16.2. The van der Waals surface area contributed by atoms with Gasteiger partial charge in [0.25, 0.3) is 0 Å². The fourth-order valence-electron chi connectivity index (χ4n) is 4.11. The predicted octanol–water partition coefficient (Wildman–Crippen LogP) is 5.85. The quantitative estimate of drug-likeness (QED) is 0.416. The number of nitrogens with zero attached hydrogens (tertiary/aromatic N) is 1. The monoisotopic (exact) mass is 456 g/mol. The third-order valence-corrected chi connectivity index (χ3v) is 6.55. The third kappa shape index (κ3) is 6.57. The lowest BCUT2D eigenvalue weighted by Gasteiger charge is -2.31. The lowest BCUT2D eigenvalue weighted by Crippen LogP contribution is -2.49. The maximum absolute atomic E-state index is 13.9. The van der Waals surface area contributed by atoms with E-state index in [1.165, 1.54) is 0 Å². The molecular weight excluding hydrogens is 420 g/mol. The molecule has 2 amide bonds. The van der Waals surface area contributed by atoms with Crippen molar-refractivity contribution in [2.24, 2.45) is 0 Å². The number of aryl methyl sites for hydroxylation is 1. The minimum Gasteiger partial charge on any atom is -0.352 e. The van der Waals surface area contributed by atoms with Gasteiger partial charge in [0.15, 0.2) is 0 Å². The van der Waals surface area contributed by atoms with Gasteiger partial charge in [-0.25, -0.2) is 0 Å². The van der Waals surface area contributed by atoms with Crippen LogP contribution < -0.4 is 5.32 Å². The molecule has 3 aromatic rings. The van der Waals surface area contributed by atoms with E-state index in [4.69, 9.17) is 0 Å². The third-order valence-electron chi connectivity index (χ3n) is 6.55. The topological polar surface area (TPSA) is 49.4 Å². The molecule has 178 valence electrons. The molecular formula is C30H36N2O2. The number of carbonyl (C=O) groups is 2. The Morgan fingerprint density at radius 3 is 1.88 bits per heavy atom. The zero-order valence-corrected chi connectivity index (χ0v) is 20.7. The molecule has 0 aliphatic heterocycles. The number of carbonyl (C=O) groups excluding carboxylic acids is 2. The molecule has 4 heteroatoms. The van der Waals surface area contributed by atoms with Crippen molar-refractivity contribution in [1.29, 1.82) is 0 Å². The summed E-state index contributed by atoms with van der Waals surface area (Å²) in [6, 6.07) is 27.8. The predicted molar refractivity (Wildman–Crippen MR) is 138 cm³/mol. The van der Waals surface area contributed by atoms with Crippen molar-refractivity contribution in [2.45, 2.75) is 65.1 Å². The Kier molecular flexibility index (Phi) is 9.03. The molecule has 0 saturated carbocycles. The molecule has 0 aliphatic carbocycles. The van der Waals surface area contributed by atoms with Crippen LogP contribution in [0.3, 0.4) is 0 Å². The van der Waals surface area contributed by atoms with Crippen LogP contribution in [0.15, 0.2) is 84.9 Å². The van der Waals surface area contributed by atoms with Gasteiger partial charge in [-0.2, -0.15) is 0 Å². The Morgan fingerprint density at radius 2 is 1.35 bits per heavy atom. The van der Waals surface area contributed by atoms with Gasteiger partial charge >= 0.3 is 0 Å². The van der Waals surface area contributed by atoms with Crippen LogP contribution in [0.1, 0.15) is 61.8 Å². The first kappa shape index (κ1) is 25.2. The second-order valence-electron chi connectivity index (χ2n) is 9.02. The molecule has 0 fully saturated rings. The zero-order chi connectivity index (χ0) is 24.5. The molecule has 4 nitrogen and oxygen atoms in total. The summed E-state index contributed by atoms with van der Waals surface area (Å²) in [5.41, 5.74) is 4.34. The van der Waals surface area contributed by atoms with E-state index in [2.05, 4.69) is 29.6 Å².